The number of nitrogens with zero attached hydrogens (tertiary/aromatic N) is 1. The number of hydrogen-bond donors (Lipinski definition) is 1. The molecule has 1 unspecified atom stereocenters. The van der Waals surface area contributed by atoms with Crippen LogP contribution in [0.5, 0.6) is 0 Å². The summed E-state index contributed by atoms with van der Waals surface area (Å²) in [6.45, 7) is 7.49. The van der Waals surface area contributed by atoms with E-state index in [0.717, 1.165) is 72.7 Å². The predicted molar refractivity (Wildman–Crippen MR) is 143 cm³/mol. The van der Waals surface area contributed by atoms with E-state index in [1.54, 1.807) is 12.1 Å². The highest BCUT2D eigenvalue weighted by Crippen LogP contribution is 2.41. The lowest BCUT2D eigenvalue weighted by Crippen LogP contribution is -2.16. The van der Waals surface area contributed by atoms with Gasteiger partial charge in [-0.25, -0.2) is 0 Å². The maximum absolute atomic E-state index is 13.2. The van der Waals surface area contributed by atoms with Crippen molar-refractivity contribution in [2.45, 2.75) is 78.4 Å². The van der Waals surface area contributed by atoms with Crippen molar-refractivity contribution in [1.29, 1.82) is 0 Å². The van der Waals surface area contributed by atoms with E-state index in [-0.39, 0.29) is 6.04 Å². The number of rotatable bonds is 6. The highest BCUT2D eigenvalue weighted by Gasteiger charge is 2.31. The number of carbonyl (C=O) groups is 1. The van der Waals surface area contributed by atoms with E-state index in [2.05, 4.69) is 36.7 Å². The molecule has 1 aromatic heterocycles. The maximum atomic E-state index is 13.2. The van der Waals surface area contributed by atoms with Crippen LogP contribution in [0.2, 0.25) is 5.02 Å². The van der Waals surface area contributed by atoms with Gasteiger partial charge in [0.2, 0.25) is 0 Å². The Morgan fingerprint density at radius 3 is 2.22 bits per heavy atom. The van der Waals surface area contributed by atoms with Gasteiger partial charge in [-0.15, -0.1) is 0 Å². The van der Waals surface area contributed by atoms with Gasteiger partial charge in [-0.05, 0) is 86.3 Å². The Morgan fingerprint density at radius 2 is 1.65 bits per heavy atom. The molecule has 1 N–H and O–H groups in total. The predicted octanol–water partition coefficient (Wildman–Crippen LogP) is 9.13. The second-order valence-corrected chi connectivity index (χ2v) is 10.6. The number of carboxylic acids is 1. The SMILES string of the molecule is CC(=O)O.Cc1ccc(-c2cn(C(CCC(C)C)c3ccc(C(F)(F)F)cc3)c3c2CCCC3)c(Cl)c1. The molecule has 4 rings (SSSR count). The van der Waals surface area contributed by atoms with Gasteiger partial charge in [0.05, 0.1) is 11.6 Å². The van der Waals surface area contributed by atoms with Gasteiger partial charge in [0.15, 0.2) is 0 Å². The molecular formula is C30H35ClF3NO2. The first-order chi connectivity index (χ1) is 17.4. The number of aliphatic carboxylic acids is 1. The molecule has 2 aromatic carbocycles. The monoisotopic (exact) mass is 533 g/mol. The Bertz CT molecular complexity index is 1210. The number of fused-ring (bicyclic) bond motifs is 1. The Labute approximate surface area is 222 Å². The zero-order valence-corrected chi connectivity index (χ0v) is 22.6. The molecule has 7 heteroatoms. The summed E-state index contributed by atoms with van der Waals surface area (Å²) in [6, 6.07) is 11.9. The van der Waals surface area contributed by atoms with Gasteiger partial charge in [-0.2, -0.15) is 13.2 Å². The van der Waals surface area contributed by atoms with Crippen LogP contribution in [0.1, 0.15) is 80.4 Å². The third-order valence-electron chi connectivity index (χ3n) is 6.73. The first-order valence-corrected chi connectivity index (χ1v) is 13.1. The fraction of sp³-hybridized carbons (Fsp3) is 0.433. The highest BCUT2D eigenvalue weighted by molar-refractivity contribution is 6.33. The molecule has 1 aliphatic carbocycles. The molecule has 37 heavy (non-hydrogen) atoms. The largest absolute Gasteiger partial charge is 0.481 e. The maximum Gasteiger partial charge on any atom is 0.416 e. The Balaban J connectivity index is 0.000000886. The summed E-state index contributed by atoms with van der Waals surface area (Å²) in [7, 11) is 0. The van der Waals surface area contributed by atoms with Gasteiger partial charge in [0.1, 0.15) is 0 Å². The van der Waals surface area contributed by atoms with E-state index < -0.39 is 17.7 Å². The van der Waals surface area contributed by atoms with Crippen molar-refractivity contribution in [3.63, 3.8) is 0 Å². The zero-order valence-electron chi connectivity index (χ0n) is 21.8. The normalized spacial score (nSPS) is 14.1. The van der Waals surface area contributed by atoms with Crippen molar-refractivity contribution < 1.29 is 23.1 Å². The number of aromatic nitrogens is 1. The van der Waals surface area contributed by atoms with E-state index in [1.165, 1.54) is 23.4 Å². The summed E-state index contributed by atoms with van der Waals surface area (Å²) in [4.78, 5) is 9.00. The van der Waals surface area contributed by atoms with Crippen molar-refractivity contribution >= 4 is 17.6 Å². The highest BCUT2D eigenvalue weighted by atomic mass is 35.5. The minimum absolute atomic E-state index is 0.000456. The lowest BCUT2D eigenvalue weighted by atomic mass is 9.91. The quantitative estimate of drug-likeness (QED) is 0.343. The number of hydrogen-bond acceptors (Lipinski definition) is 1. The molecule has 0 radical (unpaired) electrons. The van der Waals surface area contributed by atoms with Crippen molar-refractivity contribution in [3.05, 3.63) is 81.6 Å². The Morgan fingerprint density at radius 1 is 1.03 bits per heavy atom. The van der Waals surface area contributed by atoms with Gasteiger partial charge in [0, 0.05) is 35.0 Å². The fourth-order valence-corrected chi connectivity index (χ4v) is 5.30. The average molecular weight is 534 g/mol. The van der Waals surface area contributed by atoms with Gasteiger partial charge in [-0.3, -0.25) is 4.79 Å². The van der Waals surface area contributed by atoms with Crippen LogP contribution < -0.4 is 0 Å². The second-order valence-electron chi connectivity index (χ2n) is 10.2. The van der Waals surface area contributed by atoms with Crippen LogP contribution in [0.15, 0.2) is 48.7 Å². The van der Waals surface area contributed by atoms with E-state index >= 15 is 0 Å². The van der Waals surface area contributed by atoms with Crippen LogP contribution in [-0.2, 0) is 23.8 Å². The fourth-order valence-electron chi connectivity index (χ4n) is 4.96. The van der Waals surface area contributed by atoms with Crippen LogP contribution in [0.4, 0.5) is 13.2 Å². The van der Waals surface area contributed by atoms with Crippen LogP contribution in [0.3, 0.4) is 0 Å². The summed E-state index contributed by atoms with van der Waals surface area (Å²) in [5.41, 5.74) is 6.29. The molecule has 1 aliphatic rings. The molecule has 0 saturated carbocycles. The summed E-state index contributed by atoms with van der Waals surface area (Å²) >= 11 is 6.66. The number of aryl methyl sites for hydroxylation is 1. The van der Waals surface area contributed by atoms with Crippen molar-refractivity contribution in [2.75, 3.05) is 0 Å². The molecule has 3 nitrogen and oxygen atoms in total. The summed E-state index contributed by atoms with van der Waals surface area (Å²) in [6.07, 6.45) is 4.02. The van der Waals surface area contributed by atoms with E-state index in [4.69, 9.17) is 21.5 Å². The topological polar surface area (TPSA) is 42.2 Å². The first-order valence-electron chi connectivity index (χ1n) is 12.7. The summed E-state index contributed by atoms with van der Waals surface area (Å²) in [5, 5.41) is 8.16. The van der Waals surface area contributed by atoms with Crippen molar-refractivity contribution in [2.24, 2.45) is 5.92 Å². The number of carboxylic acid groups (broad SMARTS) is 1. The molecule has 1 heterocycles. The third-order valence-corrected chi connectivity index (χ3v) is 7.05. The van der Waals surface area contributed by atoms with Crippen LogP contribution in [-0.4, -0.2) is 15.6 Å². The molecule has 0 aliphatic heterocycles. The molecule has 0 saturated heterocycles. The summed E-state index contributed by atoms with van der Waals surface area (Å²) in [5.74, 6) is -0.320. The van der Waals surface area contributed by atoms with Gasteiger partial charge in [-0.1, -0.05) is 49.7 Å². The van der Waals surface area contributed by atoms with Gasteiger partial charge < -0.3 is 9.67 Å². The van der Waals surface area contributed by atoms with Crippen molar-refractivity contribution in [1.82, 2.24) is 4.57 Å². The van der Waals surface area contributed by atoms with Crippen molar-refractivity contribution in [3.8, 4) is 11.1 Å². The lowest BCUT2D eigenvalue weighted by molar-refractivity contribution is -0.137. The summed E-state index contributed by atoms with van der Waals surface area (Å²) < 4.78 is 41.8. The smallest absolute Gasteiger partial charge is 0.416 e. The number of alkyl halides is 3. The minimum atomic E-state index is -4.33. The standard InChI is InChI=1S/C28H31ClF3N.C2H4O2/c1-18(2)8-15-26(20-10-12-21(13-11-20)28(30,31)32)33-17-24(23-6-4-5-7-27(23)33)22-14-9-19(3)16-25(22)29;1-2(3)4/h9-14,16-18,26H,4-8,15H2,1-3H3;1H3,(H,3,4). The van der Waals surface area contributed by atoms with Crippen LogP contribution in [0, 0.1) is 12.8 Å². The van der Waals surface area contributed by atoms with Gasteiger partial charge >= 0.3 is 6.18 Å². The molecule has 1 atom stereocenters. The molecule has 200 valence electrons. The average Bonchev–Trinajstić information content (AvgIpc) is 3.18. The van der Waals surface area contributed by atoms with E-state index in [1.807, 2.05) is 13.0 Å². The van der Waals surface area contributed by atoms with E-state index in [0.29, 0.717) is 5.92 Å². The third kappa shape index (κ3) is 7.41. The number of halogens is 4. The second kappa shape index (κ2) is 12.2. The Kier molecular flexibility index (Phi) is 9.51. The first kappa shape index (κ1) is 28.8. The number of benzene rings is 2. The van der Waals surface area contributed by atoms with Gasteiger partial charge in [0.25, 0.3) is 5.97 Å². The van der Waals surface area contributed by atoms with E-state index in [9.17, 15) is 13.2 Å². The zero-order chi connectivity index (χ0) is 27.3. The molecule has 0 bridgehead atoms. The molecular weight excluding hydrogens is 499 g/mol. The lowest BCUT2D eigenvalue weighted by Gasteiger charge is -2.25. The molecule has 0 amide bonds. The molecule has 0 fully saturated rings. The molecule has 0 spiro atoms. The van der Waals surface area contributed by atoms with Crippen LogP contribution in [0.25, 0.3) is 11.1 Å². The molecule has 3 aromatic rings. The minimum Gasteiger partial charge on any atom is -0.481 e. The Hall–Kier alpha value is -2.73. The van der Waals surface area contributed by atoms with Crippen LogP contribution >= 0.6 is 11.6 Å².